The third-order valence-electron chi connectivity index (χ3n) is 2.13. The van der Waals surface area contributed by atoms with Crippen LogP contribution in [0, 0.1) is 0 Å². The lowest BCUT2D eigenvalue weighted by atomic mass is 10.1. The van der Waals surface area contributed by atoms with E-state index < -0.39 is 19.2 Å². The summed E-state index contributed by atoms with van der Waals surface area (Å²) in [5.74, 6) is -0.901. The van der Waals surface area contributed by atoms with Crippen LogP contribution >= 0.6 is 29.2 Å². The highest BCUT2D eigenvalue weighted by Gasteiger charge is 2.38. The molecule has 8 heteroatoms. The number of carbonyl (C=O) groups is 1. The van der Waals surface area contributed by atoms with Crippen molar-refractivity contribution in [2.45, 2.75) is 12.6 Å². The fourth-order valence-corrected chi connectivity index (χ4v) is 2.23. The Morgan fingerprint density at radius 1 is 1.25 bits per heavy atom. The quantitative estimate of drug-likeness (QED) is 0.485. The first-order valence-corrected chi connectivity index (χ1v) is 10.4. The molecule has 0 saturated carbocycles. The Morgan fingerprint density at radius 2 is 1.75 bits per heavy atom. The summed E-state index contributed by atoms with van der Waals surface area (Å²) in [5.41, 5.74) is -1.28. The van der Waals surface area contributed by atoms with Crippen molar-refractivity contribution in [1.29, 1.82) is 0 Å². The molecular formula is C12H19O5PS2. The molecule has 0 fully saturated rings. The van der Waals surface area contributed by atoms with Crippen molar-refractivity contribution in [3.63, 3.8) is 0 Å². The summed E-state index contributed by atoms with van der Waals surface area (Å²) in [6.45, 7) is 1.67. The molecular weight excluding hydrogens is 319 g/mol. The molecule has 0 aromatic heterocycles. The lowest BCUT2D eigenvalue weighted by Gasteiger charge is -2.16. The Hall–Kier alpha value is -0.460. The van der Waals surface area contributed by atoms with E-state index in [2.05, 4.69) is 17.2 Å². The average molecular weight is 338 g/mol. The summed E-state index contributed by atoms with van der Waals surface area (Å²) < 4.78 is 15.9. The van der Waals surface area contributed by atoms with Crippen molar-refractivity contribution in [3.05, 3.63) is 35.9 Å². The first kappa shape index (κ1) is 19.5. The zero-order valence-electron chi connectivity index (χ0n) is 11.6. The van der Waals surface area contributed by atoms with E-state index in [0.29, 0.717) is 0 Å². The third kappa shape index (κ3) is 7.36. The van der Waals surface area contributed by atoms with Gasteiger partial charge in [-0.1, -0.05) is 51.9 Å². The molecule has 0 spiro atoms. The molecule has 5 nitrogen and oxygen atoms in total. The Morgan fingerprint density at radius 3 is 2.10 bits per heavy atom. The third-order valence-corrected chi connectivity index (χ3v) is 4.64. The maximum absolute atomic E-state index is 11.5. The Balaban J connectivity index is 0.000000796. The van der Waals surface area contributed by atoms with Gasteiger partial charge in [0.25, 0.3) is 0 Å². The number of esters is 1. The van der Waals surface area contributed by atoms with Crippen molar-refractivity contribution in [1.82, 2.24) is 0 Å². The van der Waals surface area contributed by atoms with Crippen LogP contribution in [0.1, 0.15) is 18.1 Å². The molecule has 0 amide bonds. The van der Waals surface area contributed by atoms with Gasteiger partial charge in [-0.05, 0) is 25.0 Å². The van der Waals surface area contributed by atoms with Crippen LogP contribution in [-0.4, -0.2) is 34.9 Å². The number of hydrogen-bond acceptors (Lipinski definition) is 5. The number of benzene rings is 1. The van der Waals surface area contributed by atoms with Gasteiger partial charge < -0.3 is 14.5 Å². The predicted molar refractivity (Wildman–Crippen MR) is 84.9 cm³/mol. The van der Waals surface area contributed by atoms with Gasteiger partial charge in [0, 0.05) is 0 Å². The van der Waals surface area contributed by atoms with Crippen LogP contribution in [0.15, 0.2) is 30.3 Å². The second-order valence-corrected chi connectivity index (χ2v) is 7.85. The van der Waals surface area contributed by atoms with Crippen LogP contribution in [0.2, 0.25) is 0 Å². The fourth-order valence-electron chi connectivity index (χ4n) is 1.32. The van der Waals surface area contributed by atoms with Crippen LogP contribution < -0.4 is 0 Å². The van der Waals surface area contributed by atoms with E-state index in [1.165, 1.54) is 12.1 Å². The van der Waals surface area contributed by atoms with Gasteiger partial charge in [0.1, 0.15) is 0 Å². The topological polar surface area (TPSA) is 83.8 Å². The number of rotatable bonds is 5. The molecule has 20 heavy (non-hydrogen) atoms. The first-order chi connectivity index (χ1) is 9.38. The highest BCUT2D eigenvalue weighted by atomic mass is 33.1. The van der Waals surface area contributed by atoms with E-state index in [0.717, 1.165) is 0 Å². The van der Waals surface area contributed by atoms with E-state index in [-0.39, 0.29) is 12.2 Å². The number of carbonyl (C=O) groups excluding carboxylic acids is 1. The van der Waals surface area contributed by atoms with E-state index in [9.17, 15) is 9.36 Å². The second kappa shape index (κ2) is 10.3. The highest BCUT2D eigenvalue weighted by Crippen LogP contribution is 2.52. The van der Waals surface area contributed by atoms with Crippen molar-refractivity contribution >= 4 is 35.2 Å². The van der Waals surface area contributed by atoms with Crippen molar-refractivity contribution in [2.24, 2.45) is 0 Å². The normalized spacial score (nSPS) is 12.1. The zero-order valence-corrected chi connectivity index (χ0v) is 14.1. The Bertz CT molecular complexity index is 433. The average Bonchev–Trinajstić information content (AvgIpc) is 2.39. The van der Waals surface area contributed by atoms with Crippen molar-refractivity contribution in [2.75, 3.05) is 19.1 Å². The van der Waals surface area contributed by atoms with Gasteiger partial charge in [0.2, 0.25) is 0 Å². The molecule has 1 rings (SSSR count). The minimum atomic E-state index is -4.56. The van der Waals surface area contributed by atoms with Crippen LogP contribution in [-0.2, 0) is 14.1 Å². The number of ether oxygens (including phenoxy) is 1. The molecule has 2 N–H and O–H groups in total. The molecule has 0 aliphatic carbocycles. The summed E-state index contributed by atoms with van der Waals surface area (Å²) in [6, 6.07) is 7.89. The zero-order chi connectivity index (χ0) is 15.6. The Kier molecular flexibility index (Phi) is 10.1. The SMILES string of the molecule is CCOC(=O)C(c1ccccc1)P(=O)(O)O.CSSC. The van der Waals surface area contributed by atoms with Crippen LogP contribution in [0.4, 0.5) is 0 Å². The molecule has 0 bridgehead atoms. The highest BCUT2D eigenvalue weighted by molar-refractivity contribution is 8.76. The number of hydrogen-bond donors (Lipinski definition) is 2. The second-order valence-electron chi connectivity index (χ2n) is 3.49. The van der Waals surface area contributed by atoms with Crippen LogP contribution in [0.25, 0.3) is 0 Å². The van der Waals surface area contributed by atoms with E-state index in [4.69, 9.17) is 9.79 Å². The van der Waals surface area contributed by atoms with Gasteiger partial charge in [-0.3, -0.25) is 9.36 Å². The molecule has 0 saturated heterocycles. The van der Waals surface area contributed by atoms with Gasteiger partial charge in [0.05, 0.1) is 6.61 Å². The van der Waals surface area contributed by atoms with E-state index >= 15 is 0 Å². The Labute approximate surface area is 127 Å². The molecule has 1 unspecified atom stereocenters. The van der Waals surface area contributed by atoms with Gasteiger partial charge in [-0.2, -0.15) is 0 Å². The predicted octanol–water partition coefficient (Wildman–Crippen LogP) is 3.10. The molecule has 1 aromatic carbocycles. The maximum Gasteiger partial charge on any atom is 0.344 e. The summed E-state index contributed by atoms with van der Waals surface area (Å²) in [6.07, 6.45) is 4.12. The van der Waals surface area contributed by atoms with Gasteiger partial charge in [-0.15, -0.1) is 0 Å². The first-order valence-electron chi connectivity index (χ1n) is 5.72. The maximum atomic E-state index is 11.5. The van der Waals surface area contributed by atoms with Gasteiger partial charge in [0.15, 0.2) is 5.66 Å². The molecule has 0 aliphatic rings. The van der Waals surface area contributed by atoms with Crippen molar-refractivity contribution < 1.29 is 23.9 Å². The lowest BCUT2D eigenvalue weighted by Crippen LogP contribution is -2.16. The monoisotopic (exact) mass is 338 g/mol. The molecule has 0 radical (unpaired) electrons. The standard InChI is InChI=1S/C10H13O5P.C2H6S2/c1-2-15-10(11)9(16(12,13)14)8-6-4-3-5-7-8;1-3-4-2/h3-7,9H,2H2,1H3,(H2,12,13,14);1-2H3. The summed E-state index contributed by atoms with van der Waals surface area (Å²) >= 11 is 0. The molecule has 0 aliphatic heterocycles. The molecule has 1 atom stereocenters. The fraction of sp³-hybridized carbons (Fsp3) is 0.417. The van der Waals surface area contributed by atoms with Crippen molar-refractivity contribution in [3.8, 4) is 0 Å². The van der Waals surface area contributed by atoms with Crippen LogP contribution in [0.5, 0.6) is 0 Å². The minimum absolute atomic E-state index is 0.0855. The van der Waals surface area contributed by atoms with Crippen LogP contribution in [0.3, 0.4) is 0 Å². The van der Waals surface area contributed by atoms with E-state index in [1.807, 2.05) is 0 Å². The van der Waals surface area contributed by atoms with Gasteiger partial charge in [-0.25, -0.2) is 0 Å². The summed E-state index contributed by atoms with van der Waals surface area (Å²) in [5, 5.41) is 0. The largest absolute Gasteiger partial charge is 0.465 e. The van der Waals surface area contributed by atoms with Gasteiger partial charge >= 0.3 is 13.6 Å². The molecule has 1 aromatic rings. The van der Waals surface area contributed by atoms with E-state index in [1.54, 1.807) is 46.7 Å². The molecule has 0 heterocycles. The molecule has 114 valence electrons. The summed E-state index contributed by atoms with van der Waals surface area (Å²) in [7, 11) is -1.01. The minimum Gasteiger partial charge on any atom is -0.465 e. The smallest absolute Gasteiger partial charge is 0.344 e. The summed E-state index contributed by atoms with van der Waals surface area (Å²) in [4.78, 5) is 29.8. The lowest BCUT2D eigenvalue weighted by molar-refractivity contribution is -0.143.